The van der Waals surface area contributed by atoms with Gasteiger partial charge >= 0.3 is 0 Å². The van der Waals surface area contributed by atoms with Gasteiger partial charge in [-0.25, -0.2) is 4.98 Å². The predicted octanol–water partition coefficient (Wildman–Crippen LogP) is 4.20. The molecule has 2 aromatic rings. The van der Waals surface area contributed by atoms with Crippen molar-refractivity contribution in [2.75, 3.05) is 6.54 Å². The van der Waals surface area contributed by atoms with E-state index in [2.05, 4.69) is 36.5 Å². The maximum atomic E-state index is 9.51. The molecule has 1 aliphatic carbocycles. The van der Waals surface area contributed by atoms with Gasteiger partial charge in [-0.2, -0.15) is 5.26 Å². The van der Waals surface area contributed by atoms with Crippen molar-refractivity contribution in [2.45, 2.75) is 47.7 Å². The summed E-state index contributed by atoms with van der Waals surface area (Å²) < 4.78 is 2.37. The van der Waals surface area contributed by atoms with Gasteiger partial charge < -0.3 is 0 Å². The lowest BCUT2D eigenvalue weighted by molar-refractivity contribution is 0.424. The normalized spacial score (nSPS) is 25.2. The number of nitriles is 1. The van der Waals surface area contributed by atoms with Crippen LogP contribution in [0.25, 0.3) is 10.2 Å². The Morgan fingerprint density at radius 2 is 2.38 bits per heavy atom. The first kappa shape index (κ1) is 14.8. The Morgan fingerprint density at radius 1 is 1.52 bits per heavy atom. The van der Waals surface area contributed by atoms with E-state index >= 15 is 0 Å². The summed E-state index contributed by atoms with van der Waals surface area (Å²) in [4.78, 5) is 4.69. The van der Waals surface area contributed by atoms with Gasteiger partial charge in [0.15, 0.2) is 4.34 Å². The molecule has 0 bridgehead atoms. The molecule has 1 fully saturated rings. The number of nitrogens with zero attached hydrogens (tertiary/aromatic N) is 2. The van der Waals surface area contributed by atoms with Gasteiger partial charge in [-0.1, -0.05) is 30.8 Å². The molecule has 1 aromatic carbocycles. The highest BCUT2D eigenvalue weighted by molar-refractivity contribution is 8.01. The van der Waals surface area contributed by atoms with E-state index in [4.69, 9.17) is 4.98 Å². The first-order chi connectivity index (χ1) is 10.2. The van der Waals surface area contributed by atoms with Gasteiger partial charge in [-0.3, -0.25) is 5.32 Å². The molecule has 0 radical (unpaired) electrons. The first-order valence-corrected chi connectivity index (χ1v) is 9.13. The average molecular weight is 317 g/mol. The van der Waals surface area contributed by atoms with Gasteiger partial charge in [0.05, 0.1) is 16.3 Å². The summed E-state index contributed by atoms with van der Waals surface area (Å²) in [5.41, 5.74) is 0.767. The fraction of sp³-hybridized carbons (Fsp3) is 0.500. The number of fused-ring (bicyclic) bond motifs is 1. The summed E-state index contributed by atoms with van der Waals surface area (Å²) in [6.45, 7) is 3.06. The summed E-state index contributed by atoms with van der Waals surface area (Å²) in [5.74, 6) is 0. The van der Waals surface area contributed by atoms with Gasteiger partial charge in [-0.05, 0) is 44.4 Å². The van der Waals surface area contributed by atoms with Crippen molar-refractivity contribution in [1.82, 2.24) is 10.3 Å². The molecule has 2 unspecified atom stereocenters. The second kappa shape index (κ2) is 6.35. The highest BCUT2D eigenvalue weighted by Crippen LogP contribution is 2.42. The summed E-state index contributed by atoms with van der Waals surface area (Å²) >= 11 is 3.60. The molecule has 0 amide bonds. The minimum atomic E-state index is -0.315. The monoisotopic (exact) mass is 317 g/mol. The predicted molar refractivity (Wildman–Crippen MR) is 89.8 cm³/mol. The van der Waals surface area contributed by atoms with Crippen LogP contribution in [-0.2, 0) is 0 Å². The zero-order valence-electron chi connectivity index (χ0n) is 12.1. The Bertz CT molecular complexity index is 628. The van der Waals surface area contributed by atoms with Gasteiger partial charge in [-0.15, -0.1) is 11.3 Å². The number of rotatable bonds is 5. The molecule has 1 heterocycles. The smallest absolute Gasteiger partial charge is 0.151 e. The number of thiazole rings is 1. The Morgan fingerprint density at radius 3 is 3.14 bits per heavy atom. The number of aromatic nitrogens is 1. The molecule has 1 aromatic heterocycles. The second-order valence-electron chi connectivity index (χ2n) is 5.55. The van der Waals surface area contributed by atoms with Crippen LogP contribution >= 0.6 is 23.1 Å². The molecule has 110 valence electrons. The van der Waals surface area contributed by atoms with Crippen LogP contribution < -0.4 is 5.32 Å². The van der Waals surface area contributed by atoms with E-state index in [-0.39, 0.29) is 5.54 Å². The van der Waals surface area contributed by atoms with Crippen LogP contribution in [0.15, 0.2) is 28.6 Å². The van der Waals surface area contributed by atoms with Crippen molar-refractivity contribution in [2.24, 2.45) is 0 Å². The second-order valence-corrected chi connectivity index (χ2v) is 8.13. The largest absolute Gasteiger partial charge is 0.299 e. The van der Waals surface area contributed by atoms with Crippen molar-refractivity contribution >= 4 is 33.3 Å². The van der Waals surface area contributed by atoms with E-state index < -0.39 is 0 Å². The molecule has 5 heteroatoms. The molecule has 3 rings (SSSR count). The third-order valence-electron chi connectivity index (χ3n) is 3.94. The van der Waals surface area contributed by atoms with Crippen molar-refractivity contribution < 1.29 is 0 Å². The van der Waals surface area contributed by atoms with Crippen LogP contribution in [0.5, 0.6) is 0 Å². The van der Waals surface area contributed by atoms with Crippen LogP contribution in [0.1, 0.15) is 32.6 Å². The van der Waals surface area contributed by atoms with Crippen molar-refractivity contribution in [3.8, 4) is 6.07 Å². The number of benzene rings is 1. The minimum Gasteiger partial charge on any atom is -0.299 e. The number of hydrogen-bond donors (Lipinski definition) is 1. The molecule has 1 N–H and O–H groups in total. The molecular formula is C16H19N3S2. The summed E-state index contributed by atoms with van der Waals surface area (Å²) in [6, 6.07) is 10.8. The number of thioether (sulfide) groups is 1. The van der Waals surface area contributed by atoms with E-state index in [0.717, 1.165) is 42.1 Å². The summed E-state index contributed by atoms with van der Waals surface area (Å²) in [6.07, 6.45) is 4.03. The SMILES string of the molecule is CCCNC1(C#N)CCC(Sc2nc3ccccc3s2)C1. The van der Waals surface area contributed by atoms with Crippen LogP contribution in [0.4, 0.5) is 0 Å². The average Bonchev–Trinajstić information content (AvgIpc) is 3.09. The fourth-order valence-electron chi connectivity index (χ4n) is 2.81. The maximum absolute atomic E-state index is 9.51. The van der Waals surface area contributed by atoms with Crippen molar-refractivity contribution in [1.29, 1.82) is 5.26 Å². The van der Waals surface area contributed by atoms with Gasteiger partial charge in [0.1, 0.15) is 5.54 Å². The third kappa shape index (κ3) is 3.23. The van der Waals surface area contributed by atoms with E-state index in [1.165, 1.54) is 4.70 Å². The van der Waals surface area contributed by atoms with E-state index in [9.17, 15) is 5.26 Å². The van der Waals surface area contributed by atoms with Gasteiger partial charge in [0.2, 0.25) is 0 Å². The fourth-order valence-corrected chi connectivity index (χ4v) is 5.42. The molecule has 0 saturated heterocycles. The lowest BCUT2D eigenvalue weighted by Crippen LogP contribution is -2.42. The summed E-state index contributed by atoms with van der Waals surface area (Å²) in [7, 11) is 0. The molecule has 0 aliphatic heterocycles. The Balaban J connectivity index is 1.67. The molecular weight excluding hydrogens is 298 g/mol. The Hall–Kier alpha value is -1.09. The number of hydrogen-bond acceptors (Lipinski definition) is 5. The number of para-hydroxylation sites is 1. The van der Waals surface area contributed by atoms with Crippen LogP contribution in [-0.4, -0.2) is 22.3 Å². The highest BCUT2D eigenvalue weighted by Gasteiger charge is 2.39. The zero-order valence-corrected chi connectivity index (χ0v) is 13.8. The third-order valence-corrected chi connectivity index (χ3v) is 6.34. The standard InChI is InChI=1S/C16H19N3S2/c1-2-9-18-16(11-17)8-7-12(10-16)20-15-19-13-5-3-4-6-14(13)21-15/h3-6,12,18H,2,7-10H2,1H3. The first-order valence-electron chi connectivity index (χ1n) is 7.43. The van der Waals surface area contributed by atoms with Crippen LogP contribution in [0.2, 0.25) is 0 Å². The Kier molecular flexibility index (Phi) is 4.48. The molecule has 3 nitrogen and oxygen atoms in total. The van der Waals surface area contributed by atoms with E-state index in [1.807, 2.05) is 17.8 Å². The molecule has 0 spiro atoms. The number of nitrogens with one attached hydrogen (secondary N) is 1. The molecule has 2 atom stereocenters. The molecule has 1 aliphatic rings. The van der Waals surface area contributed by atoms with Crippen molar-refractivity contribution in [3.63, 3.8) is 0 Å². The van der Waals surface area contributed by atoms with Gasteiger partial charge in [0.25, 0.3) is 0 Å². The quantitative estimate of drug-likeness (QED) is 0.897. The lowest BCUT2D eigenvalue weighted by Gasteiger charge is -2.22. The highest BCUT2D eigenvalue weighted by atomic mass is 32.2. The van der Waals surface area contributed by atoms with Crippen molar-refractivity contribution in [3.05, 3.63) is 24.3 Å². The summed E-state index contributed by atoms with van der Waals surface area (Å²) in [5, 5.41) is 13.4. The zero-order chi connectivity index (χ0) is 14.7. The lowest BCUT2D eigenvalue weighted by atomic mass is 10.00. The topological polar surface area (TPSA) is 48.7 Å². The van der Waals surface area contributed by atoms with Crippen LogP contribution in [0, 0.1) is 11.3 Å². The molecule has 1 saturated carbocycles. The Labute approximate surface area is 133 Å². The molecule has 21 heavy (non-hydrogen) atoms. The van der Waals surface area contributed by atoms with Crippen LogP contribution in [0.3, 0.4) is 0 Å². The maximum Gasteiger partial charge on any atom is 0.151 e. The van der Waals surface area contributed by atoms with E-state index in [1.54, 1.807) is 11.3 Å². The van der Waals surface area contributed by atoms with Gasteiger partial charge in [0, 0.05) is 5.25 Å². The van der Waals surface area contributed by atoms with E-state index in [0.29, 0.717) is 5.25 Å². The minimum absolute atomic E-state index is 0.315.